The highest BCUT2D eigenvalue weighted by molar-refractivity contribution is 5.83. The Morgan fingerprint density at radius 1 is 1.11 bits per heavy atom. The molecule has 2 aliphatic carbocycles. The van der Waals surface area contributed by atoms with E-state index in [0.717, 1.165) is 18.8 Å². The summed E-state index contributed by atoms with van der Waals surface area (Å²) in [6.45, 7) is 3.69. The van der Waals surface area contributed by atoms with Crippen LogP contribution in [0.15, 0.2) is 0 Å². The third-order valence-corrected chi connectivity index (χ3v) is 5.59. The molecule has 1 heterocycles. The number of amides is 1. The molecule has 3 fully saturated rings. The summed E-state index contributed by atoms with van der Waals surface area (Å²) in [5.74, 6) is -3.20. The van der Waals surface area contributed by atoms with E-state index in [1.807, 2.05) is 0 Å². The normalized spacial score (nSPS) is 33.4. The minimum Gasteiger partial charge on any atom is -0.342 e. The maximum absolute atomic E-state index is 12.9. The summed E-state index contributed by atoms with van der Waals surface area (Å²) in [5.41, 5.74) is 0.412. The Kier molecular flexibility index (Phi) is 3.10. The quantitative estimate of drug-likeness (QED) is 0.715. The lowest BCUT2D eigenvalue weighted by molar-refractivity contribution is -0.137. The second-order valence-electron chi connectivity index (χ2n) is 7.03. The van der Waals surface area contributed by atoms with Crippen LogP contribution in [-0.2, 0) is 4.79 Å². The van der Waals surface area contributed by atoms with Crippen molar-refractivity contribution < 1.29 is 13.6 Å². The number of halogens is 2. The van der Waals surface area contributed by atoms with Crippen molar-refractivity contribution in [1.82, 2.24) is 4.90 Å². The van der Waals surface area contributed by atoms with Gasteiger partial charge in [-0.05, 0) is 37.0 Å². The van der Waals surface area contributed by atoms with E-state index in [1.54, 1.807) is 4.90 Å². The largest absolute Gasteiger partial charge is 0.342 e. The molecule has 1 unspecified atom stereocenters. The van der Waals surface area contributed by atoms with Gasteiger partial charge in [-0.3, -0.25) is 4.79 Å². The molecule has 19 heavy (non-hydrogen) atoms. The predicted molar refractivity (Wildman–Crippen MR) is 68.9 cm³/mol. The minimum absolute atomic E-state index is 0.231. The second kappa shape index (κ2) is 4.42. The van der Waals surface area contributed by atoms with E-state index < -0.39 is 11.8 Å². The molecule has 1 spiro atoms. The van der Waals surface area contributed by atoms with Crippen LogP contribution in [0.1, 0.15) is 51.9 Å². The number of carbonyl (C=O) groups excluding carboxylic acids is 1. The van der Waals surface area contributed by atoms with E-state index in [-0.39, 0.29) is 12.3 Å². The van der Waals surface area contributed by atoms with Crippen LogP contribution in [0.5, 0.6) is 0 Å². The van der Waals surface area contributed by atoms with Gasteiger partial charge >= 0.3 is 0 Å². The molecule has 4 heteroatoms. The van der Waals surface area contributed by atoms with Crippen LogP contribution in [-0.4, -0.2) is 29.8 Å². The number of nitrogens with zero attached hydrogens (tertiary/aromatic N) is 1. The lowest BCUT2D eigenvalue weighted by atomic mass is 9.66. The van der Waals surface area contributed by atoms with Gasteiger partial charge in [0, 0.05) is 19.5 Å². The first-order chi connectivity index (χ1) is 8.92. The zero-order valence-electron chi connectivity index (χ0n) is 11.6. The Morgan fingerprint density at radius 3 is 2.11 bits per heavy atom. The van der Waals surface area contributed by atoms with E-state index in [1.165, 1.54) is 25.7 Å². The molecule has 3 aliphatic rings. The van der Waals surface area contributed by atoms with Crippen LogP contribution >= 0.6 is 0 Å². The van der Waals surface area contributed by atoms with Gasteiger partial charge in [-0.1, -0.05) is 19.8 Å². The van der Waals surface area contributed by atoms with Crippen LogP contribution in [0.2, 0.25) is 0 Å². The minimum atomic E-state index is -2.72. The molecule has 0 radical (unpaired) electrons. The first-order valence-electron chi connectivity index (χ1n) is 7.59. The van der Waals surface area contributed by atoms with Gasteiger partial charge in [0.15, 0.2) is 0 Å². The van der Waals surface area contributed by atoms with E-state index in [9.17, 15) is 13.6 Å². The van der Waals surface area contributed by atoms with E-state index in [2.05, 4.69) is 6.92 Å². The van der Waals surface area contributed by atoms with Crippen LogP contribution in [0.4, 0.5) is 8.78 Å². The lowest BCUT2D eigenvalue weighted by Crippen LogP contribution is -2.45. The number of rotatable bonds is 1. The zero-order chi connectivity index (χ0) is 13.7. The van der Waals surface area contributed by atoms with E-state index >= 15 is 0 Å². The zero-order valence-corrected chi connectivity index (χ0v) is 11.6. The summed E-state index contributed by atoms with van der Waals surface area (Å²) < 4.78 is 25.9. The van der Waals surface area contributed by atoms with Crippen molar-refractivity contribution in [3.05, 3.63) is 0 Å². The summed E-state index contributed by atoms with van der Waals surface area (Å²) in [7, 11) is 0. The lowest BCUT2D eigenvalue weighted by Gasteiger charge is -2.45. The highest BCUT2D eigenvalue weighted by atomic mass is 19.3. The topological polar surface area (TPSA) is 20.3 Å². The highest BCUT2D eigenvalue weighted by Crippen LogP contribution is 2.51. The molecule has 3 rings (SSSR count). The van der Waals surface area contributed by atoms with Crippen molar-refractivity contribution in [2.45, 2.75) is 57.8 Å². The summed E-state index contributed by atoms with van der Waals surface area (Å²) in [6, 6.07) is 0. The summed E-state index contributed by atoms with van der Waals surface area (Å²) in [6.07, 6.45) is 6.90. The highest BCUT2D eigenvalue weighted by Gasteiger charge is 2.62. The van der Waals surface area contributed by atoms with Crippen LogP contribution in [0, 0.1) is 17.3 Å². The molecule has 0 aromatic rings. The first kappa shape index (κ1) is 13.3. The summed E-state index contributed by atoms with van der Waals surface area (Å²) in [5, 5.41) is 0. The van der Waals surface area contributed by atoms with Gasteiger partial charge in [0.25, 0.3) is 5.92 Å². The molecular formula is C15H23F2NO. The summed E-state index contributed by atoms with van der Waals surface area (Å²) >= 11 is 0. The molecule has 1 saturated heterocycles. The molecule has 2 saturated carbocycles. The van der Waals surface area contributed by atoms with Crippen molar-refractivity contribution in [2.75, 3.05) is 13.1 Å². The van der Waals surface area contributed by atoms with E-state index in [4.69, 9.17) is 0 Å². The first-order valence-corrected chi connectivity index (χ1v) is 7.59. The standard InChI is InChI=1S/C15H23F2NO/c1-11-2-4-14(5-3-11)6-8-18(9-7-14)13(19)12-10-15(12,16)17/h11-12H,2-10H2,1H3. The Bertz CT molecular complexity index is 364. The SMILES string of the molecule is CC1CCC2(CC1)CCN(C(=O)C1CC1(F)F)CC2. The van der Waals surface area contributed by atoms with Crippen molar-refractivity contribution >= 4 is 5.91 Å². The maximum atomic E-state index is 12.9. The molecular weight excluding hydrogens is 248 g/mol. The Balaban J connectivity index is 1.54. The van der Waals surface area contributed by atoms with Crippen molar-refractivity contribution in [2.24, 2.45) is 17.3 Å². The molecule has 1 amide bonds. The van der Waals surface area contributed by atoms with Crippen molar-refractivity contribution in [3.63, 3.8) is 0 Å². The number of carbonyl (C=O) groups is 1. The molecule has 1 aliphatic heterocycles. The molecule has 1 atom stereocenters. The molecule has 0 N–H and O–H groups in total. The van der Waals surface area contributed by atoms with Crippen LogP contribution in [0.25, 0.3) is 0 Å². The monoisotopic (exact) mass is 271 g/mol. The average molecular weight is 271 g/mol. The number of likely N-dealkylation sites (tertiary alicyclic amines) is 1. The van der Waals surface area contributed by atoms with Gasteiger partial charge in [0.1, 0.15) is 5.92 Å². The fourth-order valence-corrected chi connectivity index (χ4v) is 3.78. The third kappa shape index (κ3) is 2.50. The summed E-state index contributed by atoms with van der Waals surface area (Å²) in [4.78, 5) is 13.6. The van der Waals surface area contributed by atoms with Crippen molar-refractivity contribution in [3.8, 4) is 0 Å². The third-order valence-electron chi connectivity index (χ3n) is 5.59. The second-order valence-corrected chi connectivity index (χ2v) is 7.03. The predicted octanol–water partition coefficient (Wildman–Crippen LogP) is 3.46. The van der Waals surface area contributed by atoms with Gasteiger partial charge in [-0.15, -0.1) is 0 Å². The average Bonchev–Trinajstić information content (AvgIpc) is 3.03. The van der Waals surface area contributed by atoms with Crippen LogP contribution < -0.4 is 0 Å². The molecule has 0 aromatic carbocycles. The number of alkyl halides is 2. The van der Waals surface area contributed by atoms with Gasteiger partial charge in [0.2, 0.25) is 5.91 Å². The number of piperidine rings is 1. The smallest absolute Gasteiger partial charge is 0.260 e. The number of hydrogen-bond acceptors (Lipinski definition) is 1. The molecule has 2 nitrogen and oxygen atoms in total. The van der Waals surface area contributed by atoms with Gasteiger partial charge in [-0.25, -0.2) is 8.78 Å². The van der Waals surface area contributed by atoms with Gasteiger partial charge in [-0.2, -0.15) is 0 Å². The molecule has 0 bridgehead atoms. The van der Waals surface area contributed by atoms with Crippen LogP contribution in [0.3, 0.4) is 0 Å². The van der Waals surface area contributed by atoms with Gasteiger partial charge in [0.05, 0.1) is 0 Å². The van der Waals surface area contributed by atoms with Crippen molar-refractivity contribution in [1.29, 1.82) is 0 Å². The Morgan fingerprint density at radius 2 is 1.63 bits per heavy atom. The number of hydrogen-bond donors (Lipinski definition) is 0. The molecule has 108 valence electrons. The van der Waals surface area contributed by atoms with Gasteiger partial charge < -0.3 is 4.90 Å². The Labute approximate surface area is 113 Å². The van der Waals surface area contributed by atoms with E-state index in [0.29, 0.717) is 18.5 Å². The fourth-order valence-electron chi connectivity index (χ4n) is 3.78. The Hall–Kier alpha value is -0.670. The molecule has 0 aromatic heterocycles. The maximum Gasteiger partial charge on any atom is 0.260 e. The fraction of sp³-hybridized carbons (Fsp3) is 0.933.